The number of hydrogen-bond acceptors (Lipinski definition) is 3. The lowest BCUT2D eigenvalue weighted by molar-refractivity contribution is 0.312. The molecule has 0 aliphatic heterocycles. The van der Waals surface area contributed by atoms with Gasteiger partial charge in [0.15, 0.2) is 0 Å². The summed E-state index contributed by atoms with van der Waals surface area (Å²) in [6.45, 7) is 4.38. The van der Waals surface area contributed by atoms with Crippen LogP contribution >= 0.6 is 0 Å². The Morgan fingerprint density at radius 1 is 1.38 bits per heavy atom. The van der Waals surface area contributed by atoms with Crippen LogP contribution in [-0.2, 0) is 6.54 Å². The van der Waals surface area contributed by atoms with E-state index in [-0.39, 0.29) is 0 Å². The van der Waals surface area contributed by atoms with E-state index in [1.165, 1.54) is 18.4 Å². The molecule has 1 unspecified atom stereocenters. The Morgan fingerprint density at radius 2 is 2.06 bits per heavy atom. The standard InChI is InChI=1S/C13H23N3/c1-12(14-2)5-4-10-16(3)11-13-6-8-15-9-7-13/h6-9,12,14H,4-5,10-11H2,1-3H3. The molecule has 16 heavy (non-hydrogen) atoms. The van der Waals surface area contributed by atoms with Crippen molar-refractivity contribution in [2.24, 2.45) is 0 Å². The Morgan fingerprint density at radius 3 is 2.69 bits per heavy atom. The highest BCUT2D eigenvalue weighted by atomic mass is 15.1. The number of nitrogens with zero attached hydrogens (tertiary/aromatic N) is 2. The highest BCUT2D eigenvalue weighted by Crippen LogP contribution is 2.03. The van der Waals surface area contributed by atoms with Crippen molar-refractivity contribution in [3.63, 3.8) is 0 Å². The van der Waals surface area contributed by atoms with Gasteiger partial charge in [0.25, 0.3) is 0 Å². The summed E-state index contributed by atoms with van der Waals surface area (Å²) in [6.07, 6.45) is 6.18. The van der Waals surface area contributed by atoms with Gasteiger partial charge in [0.1, 0.15) is 0 Å². The Labute approximate surface area is 98.9 Å². The minimum absolute atomic E-state index is 0.620. The van der Waals surface area contributed by atoms with E-state index in [1.807, 2.05) is 19.4 Å². The third-order valence-corrected chi connectivity index (χ3v) is 2.87. The minimum atomic E-state index is 0.620. The van der Waals surface area contributed by atoms with Gasteiger partial charge in [-0.3, -0.25) is 4.98 Å². The second-order valence-electron chi connectivity index (χ2n) is 4.43. The summed E-state index contributed by atoms with van der Waals surface area (Å²) in [6, 6.07) is 4.77. The van der Waals surface area contributed by atoms with Crippen molar-refractivity contribution in [3.05, 3.63) is 30.1 Å². The van der Waals surface area contributed by atoms with Gasteiger partial charge in [0.2, 0.25) is 0 Å². The molecule has 0 bridgehead atoms. The average Bonchev–Trinajstić information content (AvgIpc) is 2.30. The van der Waals surface area contributed by atoms with Gasteiger partial charge < -0.3 is 10.2 Å². The SMILES string of the molecule is CNC(C)CCCN(C)Cc1ccncc1. The molecule has 0 saturated heterocycles. The van der Waals surface area contributed by atoms with Gasteiger partial charge in [-0.25, -0.2) is 0 Å². The van der Waals surface area contributed by atoms with Gasteiger partial charge >= 0.3 is 0 Å². The summed E-state index contributed by atoms with van der Waals surface area (Å²) < 4.78 is 0. The maximum atomic E-state index is 4.02. The lowest BCUT2D eigenvalue weighted by Gasteiger charge is -2.17. The first kappa shape index (κ1) is 13.1. The first-order valence-electron chi connectivity index (χ1n) is 5.97. The minimum Gasteiger partial charge on any atom is -0.317 e. The van der Waals surface area contributed by atoms with Crippen molar-refractivity contribution in [2.45, 2.75) is 32.4 Å². The summed E-state index contributed by atoms with van der Waals surface area (Å²) in [4.78, 5) is 6.38. The molecule has 1 aromatic rings. The molecule has 0 aliphatic carbocycles. The number of hydrogen-bond donors (Lipinski definition) is 1. The second kappa shape index (κ2) is 7.36. The molecule has 0 amide bonds. The maximum Gasteiger partial charge on any atom is 0.0271 e. The third kappa shape index (κ3) is 5.24. The Kier molecular flexibility index (Phi) is 6.04. The van der Waals surface area contributed by atoms with Crippen LogP contribution in [0.15, 0.2) is 24.5 Å². The summed E-state index contributed by atoms with van der Waals surface area (Å²) in [5.41, 5.74) is 1.33. The van der Waals surface area contributed by atoms with E-state index in [0.717, 1.165) is 13.1 Å². The molecule has 1 heterocycles. The van der Waals surface area contributed by atoms with E-state index < -0.39 is 0 Å². The van der Waals surface area contributed by atoms with Crippen molar-refractivity contribution in [2.75, 3.05) is 20.6 Å². The predicted octanol–water partition coefficient (Wildman–Crippen LogP) is 1.90. The van der Waals surface area contributed by atoms with Crippen LogP contribution in [0, 0.1) is 0 Å². The number of pyridine rings is 1. The van der Waals surface area contributed by atoms with E-state index >= 15 is 0 Å². The van der Waals surface area contributed by atoms with E-state index in [1.54, 1.807) is 0 Å². The zero-order valence-electron chi connectivity index (χ0n) is 10.6. The lowest BCUT2D eigenvalue weighted by atomic mass is 10.2. The monoisotopic (exact) mass is 221 g/mol. The fraction of sp³-hybridized carbons (Fsp3) is 0.615. The normalized spacial score (nSPS) is 13.0. The van der Waals surface area contributed by atoms with Crippen LogP contribution in [0.4, 0.5) is 0 Å². The number of nitrogens with one attached hydrogen (secondary N) is 1. The van der Waals surface area contributed by atoms with Crippen LogP contribution in [-0.4, -0.2) is 36.6 Å². The topological polar surface area (TPSA) is 28.2 Å². The van der Waals surface area contributed by atoms with Crippen LogP contribution in [0.25, 0.3) is 0 Å². The van der Waals surface area contributed by atoms with E-state index in [4.69, 9.17) is 0 Å². The van der Waals surface area contributed by atoms with Gasteiger partial charge in [0.05, 0.1) is 0 Å². The van der Waals surface area contributed by atoms with Crippen LogP contribution in [0.2, 0.25) is 0 Å². The molecule has 3 heteroatoms. The maximum absolute atomic E-state index is 4.02. The van der Waals surface area contributed by atoms with Crippen molar-refractivity contribution in [1.82, 2.24) is 15.2 Å². The van der Waals surface area contributed by atoms with E-state index in [2.05, 4.69) is 41.3 Å². The van der Waals surface area contributed by atoms with Gasteiger partial charge in [-0.2, -0.15) is 0 Å². The number of aromatic nitrogens is 1. The zero-order valence-corrected chi connectivity index (χ0v) is 10.6. The average molecular weight is 221 g/mol. The fourth-order valence-electron chi connectivity index (χ4n) is 1.69. The van der Waals surface area contributed by atoms with Gasteiger partial charge in [0, 0.05) is 25.0 Å². The van der Waals surface area contributed by atoms with Gasteiger partial charge in [-0.15, -0.1) is 0 Å². The Balaban J connectivity index is 2.19. The summed E-state index contributed by atoms with van der Waals surface area (Å²) in [5, 5.41) is 3.26. The Bertz CT molecular complexity index is 274. The van der Waals surface area contributed by atoms with Crippen LogP contribution < -0.4 is 5.32 Å². The quantitative estimate of drug-likeness (QED) is 0.762. The molecule has 0 spiro atoms. The van der Waals surface area contributed by atoms with Crippen LogP contribution in [0.5, 0.6) is 0 Å². The first-order valence-corrected chi connectivity index (χ1v) is 5.97. The van der Waals surface area contributed by atoms with E-state index in [9.17, 15) is 0 Å². The molecule has 1 rings (SSSR count). The summed E-state index contributed by atoms with van der Waals surface area (Å²) in [5.74, 6) is 0. The van der Waals surface area contributed by atoms with Crippen molar-refractivity contribution < 1.29 is 0 Å². The molecular formula is C13H23N3. The van der Waals surface area contributed by atoms with Crippen LogP contribution in [0.3, 0.4) is 0 Å². The Hall–Kier alpha value is -0.930. The molecule has 1 aromatic heterocycles. The van der Waals surface area contributed by atoms with Gasteiger partial charge in [-0.1, -0.05) is 0 Å². The molecule has 0 aromatic carbocycles. The van der Waals surface area contributed by atoms with E-state index in [0.29, 0.717) is 6.04 Å². The highest BCUT2D eigenvalue weighted by molar-refractivity contribution is 5.09. The van der Waals surface area contributed by atoms with Crippen LogP contribution in [0.1, 0.15) is 25.3 Å². The zero-order chi connectivity index (χ0) is 11.8. The second-order valence-corrected chi connectivity index (χ2v) is 4.43. The summed E-state index contributed by atoms with van der Waals surface area (Å²) >= 11 is 0. The predicted molar refractivity (Wildman–Crippen MR) is 68.3 cm³/mol. The third-order valence-electron chi connectivity index (χ3n) is 2.87. The molecule has 0 saturated carbocycles. The van der Waals surface area contributed by atoms with Crippen molar-refractivity contribution >= 4 is 0 Å². The lowest BCUT2D eigenvalue weighted by Crippen LogP contribution is -2.24. The molecule has 3 nitrogen and oxygen atoms in total. The molecule has 1 atom stereocenters. The number of rotatable bonds is 7. The fourth-order valence-corrected chi connectivity index (χ4v) is 1.69. The largest absolute Gasteiger partial charge is 0.317 e. The smallest absolute Gasteiger partial charge is 0.0271 e. The molecular weight excluding hydrogens is 198 g/mol. The first-order chi connectivity index (χ1) is 7.72. The van der Waals surface area contributed by atoms with Crippen molar-refractivity contribution in [1.29, 1.82) is 0 Å². The molecule has 90 valence electrons. The van der Waals surface area contributed by atoms with Crippen molar-refractivity contribution in [3.8, 4) is 0 Å². The molecule has 0 fully saturated rings. The summed E-state index contributed by atoms with van der Waals surface area (Å²) in [7, 11) is 4.19. The highest BCUT2D eigenvalue weighted by Gasteiger charge is 2.02. The molecule has 0 aliphatic rings. The molecule has 0 radical (unpaired) electrons. The van der Waals surface area contributed by atoms with Gasteiger partial charge in [-0.05, 0) is 58.1 Å². The molecule has 1 N–H and O–H groups in total.